The largest absolute Gasteiger partial charge is 0.458 e. The molecule has 6 unspecified atom stereocenters. The third-order valence-corrected chi connectivity index (χ3v) is 8.55. The van der Waals surface area contributed by atoms with Crippen molar-refractivity contribution in [1.29, 1.82) is 0 Å². The Morgan fingerprint density at radius 1 is 1.06 bits per heavy atom. The Balaban J connectivity index is 1.19. The van der Waals surface area contributed by atoms with E-state index in [-0.39, 0.29) is 36.3 Å². The van der Waals surface area contributed by atoms with Crippen LogP contribution in [-0.2, 0) is 38.9 Å². The number of ether oxygens (including phenoxy) is 4. The third kappa shape index (κ3) is 3.62. The highest BCUT2D eigenvalue weighted by Gasteiger charge is 2.70. The number of hydrogen-bond acceptors (Lipinski definition) is 8. The van der Waals surface area contributed by atoms with Crippen LogP contribution in [0.15, 0.2) is 30.3 Å². The highest BCUT2D eigenvalue weighted by atomic mass is 16.6. The Bertz CT molecular complexity index is 953. The van der Waals surface area contributed by atoms with Crippen LogP contribution in [0.2, 0.25) is 0 Å². The first-order chi connectivity index (χ1) is 16.6. The first kappa shape index (κ1) is 22.0. The fraction of sp³-hybridized carbons (Fsp3) is 0.654. The first-order valence-corrected chi connectivity index (χ1v) is 12.5. The van der Waals surface area contributed by atoms with Crippen LogP contribution < -0.4 is 0 Å². The lowest BCUT2D eigenvalue weighted by atomic mass is 9.78. The summed E-state index contributed by atoms with van der Waals surface area (Å²) in [4.78, 5) is 41.1. The summed E-state index contributed by atoms with van der Waals surface area (Å²) >= 11 is 0. The van der Waals surface area contributed by atoms with Crippen molar-refractivity contribution < 1.29 is 33.3 Å². The predicted octanol–water partition coefficient (Wildman–Crippen LogP) is 2.05. The van der Waals surface area contributed by atoms with E-state index in [1.807, 2.05) is 35.2 Å². The monoisotopic (exact) mass is 469 g/mol. The number of esters is 3. The van der Waals surface area contributed by atoms with Gasteiger partial charge in [0.2, 0.25) is 0 Å². The maximum Gasteiger partial charge on any atom is 0.320 e. The molecular weight excluding hydrogens is 438 g/mol. The first-order valence-electron chi connectivity index (χ1n) is 12.5. The Labute approximate surface area is 198 Å². The second-order valence-electron chi connectivity index (χ2n) is 10.3. The number of rotatable bonds is 6. The lowest BCUT2D eigenvalue weighted by Crippen LogP contribution is -2.47. The summed E-state index contributed by atoms with van der Waals surface area (Å²) in [5, 5.41) is 0. The molecule has 2 aliphatic heterocycles. The molecule has 5 aliphatic rings. The number of fused-ring (bicyclic) bond motifs is 1. The molecule has 1 aromatic carbocycles. The maximum absolute atomic E-state index is 13.7. The zero-order chi connectivity index (χ0) is 23.3. The van der Waals surface area contributed by atoms with Crippen molar-refractivity contribution in [3.05, 3.63) is 35.9 Å². The van der Waals surface area contributed by atoms with Gasteiger partial charge in [0.1, 0.15) is 17.8 Å². The Morgan fingerprint density at radius 2 is 1.79 bits per heavy atom. The van der Waals surface area contributed by atoms with Gasteiger partial charge in [0.25, 0.3) is 0 Å². The summed E-state index contributed by atoms with van der Waals surface area (Å²) in [5.74, 6) is -2.51. The normalized spacial score (nSPS) is 35.8. The van der Waals surface area contributed by atoms with Crippen LogP contribution in [0.25, 0.3) is 0 Å². The highest BCUT2D eigenvalue weighted by Crippen LogP contribution is 2.59. The quantitative estimate of drug-likeness (QED) is 0.462. The molecule has 34 heavy (non-hydrogen) atoms. The molecule has 0 aromatic heterocycles. The molecule has 6 atom stereocenters. The molecule has 0 spiro atoms. The van der Waals surface area contributed by atoms with Gasteiger partial charge in [0, 0.05) is 24.9 Å². The smallest absolute Gasteiger partial charge is 0.320 e. The highest BCUT2D eigenvalue weighted by molar-refractivity contribution is 5.86. The zero-order valence-corrected chi connectivity index (χ0v) is 19.2. The molecule has 2 bridgehead atoms. The van der Waals surface area contributed by atoms with Crippen LogP contribution in [0.5, 0.6) is 0 Å². The topological polar surface area (TPSA) is 91.4 Å². The summed E-state index contributed by atoms with van der Waals surface area (Å²) in [6.07, 6.45) is 3.15. The van der Waals surface area contributed by atoms with Gasteiger partial charge in [-0.05, 0) is 37.7 Å². The zero-order valence-electron chi connectivity index (χ0n) is 19.2. The third-order valence-electron chi connectivity index (χ3n) is 8.55. The van der Waals surface area contributed by atoms with E-state index in [4.69, 9.17) is 18.9 Å². The van der Waals surface area contributed by atoms with Gasteiger partial charge in [-0.15, -0.1) is 0 Å². The van der Waals surface area contributed by atoms with Gasteiger partial charge in [0.15, 0.2) is 0 Å². The minimum Gasteiger partial charge on any atom is -0.458 e. The molecule has 1 aromatic rings. The van der Waals surface area contributed by atoms with E-state index >= 15 is 0 Å². The van der Waals surface area contributed by atoms with Crippen molar-refractivity contribution in [2.45, 2.75) is 49.9 Å². The lowest BCUT2D eigenvalue weighted by molar-refractivity contribution is -0.176. The standard InChI is InChI=1S/C26H31NO7/c28-19(15-27-10-12-31-13-11-27)32-22-18-14-17-20(24(29)33-23(17)22)21(18)25(30)34-26(8-4-5-9-26)16-6-2-1-3-7-16/h1-3,6-7,17-18,20-23H,4-5,8-15H2. The van der Waals surface area contributed by atoms with Crippen LogP contribution in [0.3, 0.4) is 0 Å². The number of morpholine rings is 1. The molecule has 182 valence electrons. The van der Waals surface area contributed by atoms with E-state index in [1.165, 1.54) is 0 Å². The molecule has 8 heteroatoms. The average molecular weight is 470 g/mol. The fourth-order valence-electron chi connectivity index (χ4n) is 7.00. The number of hydrogen-bond donors (Lipinski definition) is 0. The summed E-state index contributed by atoms with van der Waals surface area (Å²) in [5.41, 5.74) is 0.356. The minimum absolute atomic E-state index is 0.0903. The molecule has 2 saturated heterocycles. The van der Waals surface area contributed by atoms with Gasteiger partial charge in [0.05, 0.1) is 31.6 Å². The molecule has 0 N–H and O–H groups in total. The van der Waals surface area contributed by atoms with Crippen molar-refractivity contribution >= 4 is 17.9 Å². The van der Waals surface area contributed by atoms with E-state index < -0.39 is 29.6 Å². The molecule has 5 fully saturated rings. The van der Waals surface area contributed by atoms with E-state index in [0.29, 0.717) is 32.7 Å². The van der Waals surface area contributed by atoms with Gasteiger partial charge >= 0.3 is 17.9 Å². The Kier molecular flexibility index (Phi) is 5.60. The Morgan fingerprint density at radius 3 is 2.53 bits per heavy atom. The Hall–Kier alpha value is -2.45. The molecule has 2 heterocycles. The van der Waals surface area contributed by atoms with Crippen LogP contribution in [-0.4, -0.2) is 67.9 Å². The number of carbonyl (C=O) groups excluding carboxylic acids is 3. The fourth-order valence-corrected chi connectivity index (χ4v) is 7.00. The molecule has 0 radical (unpaired) electrons. The van der Waals surface area contributed by atoms with Crippen LogP contribution in [0, 0.1) is 23.7 Å². The lowest BCUT2D eigenvalue weighted by Gasteiger charge is -2.35. The summed E-state index contributed by atoms with van der Waals surface area (Å²) in [6, 6.07) is 9.90. The van der Waals surface area contributed by atoms with E-state index in [1.54, 1.807) is 0 Å². The molecule has 6 rings (SSSR count). The molecular formula is C26H31NO7. The maximum atomic E-state index is 13.7. The predicted molar refractivity (Wildman–Crippen MR) is 118 cm³/mol. The number of carbonyl (C=O) groups is 3. The average Bonchev–Trinajstić information content (AvgIpc) is 3.59. The second-order valence-corrected chi connectivity index (χ2v) is 10.3. The van der Waals surface area contributed by atoms with Gasteiger partial charge in [-0.25, -0.2) is 0 Å². The molecule has 3 aliphatic carbocycles. The molecule has 8 nitrogen and oxygen atoms in total. The van der Waals surface area contributed by atoms with Crippen molar-refractivity contribution in [3.63, 3.8) is 0 Å². The van der Waals surface area contributed by atoms with Gasteiger partial charge in [-0.2, -0.15) is 0 Å². The van der Waals surface area contributed by atoms with Gasteiger partial charge < -0.3 is 18.9 Å². The SMILES string of the molecule is O=C(CN1CCOCC1)OC1C2CC3C1OC(=O)C3C2C(=O)OC1(c2ccccc2)CCCC1. The summed E-state index contributed by atoms with van der Waals surface area (Å²) in [6.45, 7) is 2.74. The van der Waals surface area contributed by atoms with Crippen LogP contribution in [0.1, 0.15) is 37.7 Å². The van der Waals surface area contributed by atoms with Crippen molar-refractivity contribution in [1.82, 2.24) is 4.90 Å². The number of nitrogens with zero attached hydrogens (tertiary/aromatic N) is 1. The van der Waals surface area contributed by atoms with Gasteiger partial charge in [-0.3, -0.25) is 19.3 Å². The van der Waals surface area contributed by atoms with E-state index in [0.717, 1.165) is 31.2 Å². The van der Waals surface area contributed by atoms with Crippen molar-refractivity contribution in [3.8, 4) is 0 Å². The number of benzene rings is 1. The van der Waals surface area contributed by atoms with Gasteiger partial charge in [-0.1, -0.05) is 30.3 Å². The molecule has 0 amide bonds. The van der Waals surface area contributed by atoms with Crippen molar-refractivity contribution in [2.24, 2.45) is 23.7 Å². The summed E-state index contributed by atoms with van der Waals surface area (Å²) in [7, 11) is 0. The minimum atomic E-state index is -0.648. The van der Waals surface area contributed by atoms with E-state index in [9.17, 15) is 14.4 Å². The summed E-state index contributed by atoms with van der Waals surface area (Å²) < 4.78 is 23.2. The second kappa shape index (κ2) is 8.64. The van der Waals surface area contributed by atoms with Crippen LogP contribution in [0.4, 0.5) is 0 Å². The van der Waals surface area contributed by atoms with Crippen LogP contribution >= 0.6 is 0 Å². The van der Waals surface area contributed by atoms with Crippen molar-refractivity contribution in [2.75, 3.05) is 32.8 Å². The molecule has 3 saturated carbocycles. The van der Waals surface area contributed by atoms with E-state index in [2.05, 4.69) is 0 Å².